The molecule has 1 heterocycles. The highest BCUT2D eigenvalue weighted by molar-refractivity contribution is 7.89. The van der Waals surface area contributed by atoms with Crippen LogP contribution in [0.3, 0.4) is 0 Å². The average molecular weight is 541 g/mol. The molecule has 0 aliphatic carbocycles. The van der Waals surface area contributed by atoms with E-state index in [0.29, 0.717) is 6.07 Å². The van der Waals surface area contributed by atoms with Crippen LogP contribution in [0.4, 0.5) is 18.9 Å². The Balaban J connectivity index is 1.69. The molecular formula is C20H17Cl2F3N2O6S. The van der Waals surface area contributed by atoms with E-state index in [1.807, 2.05) is 0 Å². The molecule has 2 aromatic carbocycles. The molecule has 0 atom stereocenters. The fourth-order valence-electron chi connectivity index (χ4n) is 2.95. The van der Waals surface area contributed by atoms with E-state index >= 15 is 0 Å². The Kier molecular flexibility index (Phi) is 8.09. The molecule has 0 aromatic heterocycles. The smallest absolute Gasteiger partial charge is 0.416 e. The van der Waals surface area contributed by atoms with Gasteiger partial charge in [-0.2, -0.15) is 17.5 Å². The number of sulfonamides is 1. The van der Waals surface area contributed by atoms with Crippen LogP contribution in [0.5, 0.6) is 0 Å². The average Bonchev–Trinajstić information content (AvgIpc) is 2.79. The van der Waals surface area contributed by atoms with Crippen molar-refractivity contribution in [2.75, 3.05) is 38.2 Å². The molecule has 0 radical (unpaired) electrons. The maximum Gasteiger partial charge on any atom is 0.416 e. The van der Waals surface area contributed by atoms with Crippen molar-refractivity contribution >= 4 is 50.8 Å². The van der Waals surface area contributed by atoms with E-state index < -0.39 is 40.2 Å². The molecule has 0 spiro atoms. The van der Waals surface area contributed by atoms with E-state index in [0.717, 1.165) is 18.2 Å². The zero-order valence-corrected chi connectivity index (χ0v) is 19.5. The van der Waals surface area contributed by atoms with Crippen LogP contribution in [0.25, 0.3) is 0 Å². The molecule has 8 nitrogen and oxygen atoms in total. The number of hydrogen-bond acceptors (Lipinski definition) is 6. The topological polar surface area (TPSA) is 102 Å². The number of carbonyl (C=O) groups excluding carboxylic acids is 2. The number of ether oxygens (including phenoxy) is 2. The molecule has 3 rings (SSSR count). The molecule has 1 fully saturated rings. The molecule has 34 heavy (non-hydrogen) atoms. The van der Waals surface area contributed by atoms with Crippen molar-refractivity contribution in [3.63, 3.8) is 0 Å². The summed E-state index contributed by atoms with van der Waals surface area (Å²) >= 11 is 11.9. The first-order valence-electron chi connectivity index (χ1n) is 9.61. The Labute approximate surface area is 202 Å². The highest BCUT2D eigenvalue weighted by Gasteiger charge is 2.31. The number of esters is 1. The van der Waals surface area contributed by atoms with Crippen LogP contribution in [0.15, 0.2) is 41.3 Å². The molecule has 0 unspecified atom stereocenters. The van der Waals surface area contributed by atoms with Gasteiger partial charge >= 0.3 is 12.1 Å². The second kappa shape index (κ2) is 10.5. The van der Waals surface area contributed by atoms with Crippen molar-refractivity contribution < 1.29 is 40.7 Å². The van der Waals surface area contributed by atoms with Crippen molar-refractivity contribution in [2.24, 2.45) is 0 Å². The second-order valence-corrected chi connectivity index (χ2v) is 9.70. The van der Waals surface area contributed by atoms with Gasteiger partial charge in [0, 0.05) is 13.1 Å². The van der Waals surface area contributed by atoms with Crippen LogP contribution in [0, 0.1) is 0 Å². The van der Waals surface area contributed by atoms with Crippen LogP contribution in [0.1, 0.15) is 15.9 Å². The van der Waals surface area contributed by atoms with Gasteiger partial charge in [0.05, 0.1) is 40.1 Å². The number of rotatable bonds is 6. The summed E-state index contributed by atoms with van der Waals surface area (Å²) in [6, 6.07) is 5.80. The third-order valence-corrected chi connectivity index (χ3v) is 7.37. The van der Waals surface area contributed by atoms with Gasteiger partial charge in [-0.15, -0.1) is 0 Å². The zero-order valence-electron chi connectivity index (χ0n) is 17.2. The van der Waals surface area contributed by atoms with Crippen LogP contribution in [-0.4, -0.2) is 57.5 Å². The van der Waals surface area contributed by atoms with Crippen molar-refractivity contribution in [2.45, 2.75) is 11.1 Å². The molecule has 1 aliphatic rings. The van der Waals surface area contributed by atoms with E-state index in [-0.39, 0.29) is 52.5 Å². The van der Waals surface area contributed by atoms with Crippen LogP contribution < -0.4 is 5.32 Å². The Hall–Kier alpha value is -2.38. The number of anilines is 1. The summed E-state index contributed by atoms with van der Waals surface area (Å²) in [7, 11) is -4.01. The maximum absolute atomic E-state index is 12.9. The third kappa shape index (κ3) is 6.19. The highest BCUT2D eigenvalue weighted by atomic mass is 35.5. The lowest BCUT2D eigenvalue weighted by Gasteiger charge is -2.26. The standard InChI is InChI=1S/C20H17Cl2F3N2O6S/c21-14-4-2-13(20(23,24)25)10-16(14)26-18(28)11-33-19(29)12-1-3-15(22)17(9-12)34(30,31)27-5-7-32-8-6-27/h1-4,9-10H,5-8,11H2,(H,26,28). The van der Waals surface area contributed by atoms with Crippen molar-refractivity contribution in [1.29, 1.82) is 0 Å². The minimum absolute atomic E-state index is 0.111. The van der Waals surface area contributed by atoms with Crippen molar-refractivity contribution in [1.82, 2.24) is 4.31 Å². The summed E-state index contributed by atoms with van der Waals surface area (Å²) in [5.74, 6) is -2.00. The number of amides is 1. The number of hydrogen-bond donors (Lipinski definition) is 1. The summed E-state index contributed by atoms with van der Waals surface area (Å²) in [5.41, 5.74) is -1.54. The monoisotopic (exact) mass is 540 g/mol. The van der Waals surface area contributed by atoms with Crippen LogP contribution >= 0.6 is 23.2 Å². The van der Waals surface area contributed by atoms with Gasteiger partial charge in [0.15, 0.2) is 6.61 Å². The van der Waals surface area contributed by atoms with Crippen molar-refractivity contribution in [3.8, 4) is 0 Å². The number of morpholine rings is 1. The highest BCUT2D eigenvalue weighted by Crippen LogP contribution is 2.34. The molecule has 0 bridgehead atoms. The molecule has 14 heteroatoms. The van der Waals surface area contributed by atoms with Gasteiger partial charge in [-0.05, 0) is 36.4 Å². The fourth-order valence-corrected chi connectivity index (χ4v) is 5.03. The lowest BCUT2D eigenvalue weighted by atomic mass is 10.2. The number of alkyl halides is 3. The van der Waals surface area contributed by atoms with Gasteiger partial charge in [-0.25, -0.2) is 13.2 Å². The molecule has 1 N–H and O–H groups in total. The largest absolute Gasteiger partial charge is 0.452 e. The van der Waals surface area contributed by atoms with Gasteiger partial charge in [0.2, 0.25) is 10.0 Å². The molecule has 1 amide bonds. The van der Waals surface area contributed by atoms with E-state index in [4.69, 9.17) is 32.7 Å². The summed E-state index contributed by atoms with van der Waals surface area (Å²) in [6.45, 7) is -0.204. The number of benzene rings is 2. The SMILES string of the molecule is O=C(COC(=O)c1ccc(Cl)c(S(=O)(=O)N2CCOCC2)c1)Nc1cc(C(F)(F)F)ccc1Cl. The zero-order chi connectivity index (χ0) is 25.1. The van der Waals surface area contributed by atoms with Gasteiger partial charge in [-0.1, -0.05) is 23.2 Å². The summed E-state index contributed by atoms with van der Waals surface area (Å²) in [4.78, 5) is 24.1. The Morgan fingerprint density at radius 3 is 2.35 bits per heavy atom. The second-order valence-electron chi connectivity index (χ2n) is 6.98. The summed E-state index contributed by atoms with van der Waals surface area (Å²) in [5, 5.41) is 1.87. The van der Waals surface area contributed by atoms with E-state index in [2.05, 4.69) is 5.32 Å². The number of halogens is 5. The molecular weight excluding hydrogens is 524 g/mol. The molecule has 2 aromatic rings. The lowest BCUT2D eigenvalue weighted by Crippen LogP contribution is -2.40. The van der Waals surface area contributed by atoms with E-state index in [9.17, 15) is 31.2 Å². The molecule has 0 saturated carbocycles. The fraction of sp³-hybridized carbons (Fsp3) is 0.300. The van der Waals surface area contributed by atoms with Gasteiger partial charge in [-0.3, -0.25) is 4.79 Å². The van der Waals surface area contributed by atoms with Crippen LogP contribution in [0.2, 0.25) is 10.0 Å². The summed E-state index contributed by atoms with van der Waals surface area (Å²) < 4.78 is 75.5. The first-order chi connectivity index (χ1) is 15.9. The Morgan fingerprint density at radius 2 is 1.71 bits per heavy atom. The molecule has 184 valence electrons. The number of nitrogens with zero attached hydrogens (tertiary/aromatic N) is 1. The quantitative estimate of drug-likeness (QED) is 0.558. The van der Waals surface area contributed by atoms with Gasteiger partial charge in [0.25, 0.3) is 5.91 Å². The van der Waals surface area contributed by atoms with Crippen molar-refractivity contribution in [3.05, 3.63) is 57.6 Å². The maximum atomic E-state index is 12.9. The third-order valence-electron chi connectivity index (χ3n) is 4.66. The first-order valence-corrected chi connectivity index (χ1v) is 11.8. The molecule has 1 aliphatic heterocycles. The van der Waals surface area contributed by atoms with E-state index in [1.54, 1.807) is 0 Å². The summed E-state index contributed by atoms with van der Waals surface area (Å²) in [6.07, 6.45) is -4.65. The predicted octanol–water partition coefficient (Wildman–Crippen LogP) is 3.83. The Morgan fingerprint density at radius 1 is 1.06 bits per heavy atom. The Bertz CT molecular complexity index is 1200. The van der Waals surface area contributed by atoms with Gasteiger partial charge in [0.1, 0.15) is 4.90 Å². The number of nitrogens with one attached hydrogen (secondary N) is 1. The first kappa shape index (κ1) is 26.2. The lowest BCUT2D eigenvalue weighted by molar-refractivity contribution is -0.137. The minimum atomic E-state index is -4.65. The number of carbonyl (C=O) groups is 2. The normalized spacial score (nSPS) is 15.1. The van der Waals surface area contributed by atoms with E-state index in [1.165, 1.54) is 16.4 Å². The van der Waals surface area contributed by atoms with Crippen LogP contribution in [-0.2, 0) is 30.5 Å². The minimum Gasteiger partial charge on any atom is -0.452 e. The predicted molar refractivity (Wildman–Crippen MR) is 116 cm³/mol. The molecule has 1 saturated heterocycles. The van der Waals surface area contributed by atoms with Gasteiger partial charge < -0.3 is 14.8 Å².